The fourth-order valence-electron chi connectivity index (χ4n) is 5.75. The van der Waals surface area contributed by atoms with Crippen LogP contribution in [0.25, 0.3) is 0 Å². The second-order valence-electron chi connectivity index (χ2n) is 16.1. The Hall–Kier alpha value is -2.55. The van der Waals surface area contributed by atoms with Crippen molar-refractivity contribution in [1.29, 1.82) is 0 Å². The second-order valence-corrected chi connectivity index (χ2v) is 17.5. The van der Waals surface area contributed by atoms with Gasteiger partial charge in [0.25, 0.3) is 7.82 Å². The molecule has 0 bridgehead atoms. The lowest BCUT2D eigenvalue weighted by atomic mass is 10.1. The molecule has 1 unspecified atom stereocenters. The maximum Gasteiger partial charge on any atom is 0.306 e. The summed E-state index contributed by atoms with van der Waals surface area (Å²) in [5.41, 5.74) is 0. The molecule has 2 atom stereocenters. The van der Waals surface area contributed by atoms with Gasteiger partial charge in [-0.2, -0.15) is 0 Å². The van der Waals surface area contributed by atoms with Crippen LogP contribution in [0.15, 0.2) is 72.9 Å². The van der Waals surface area contributed by atoms with Crippen LogP contribution in [0.4, 0.5) is 0 Å². The van der Waals surface area contributed by atoms with E-state index in [2.05, 4.69) is 56.4 Å². The second kappa shape index (κ2) is 39.9. The van der Waals surface area contributed by atoms with Gasteiger partial charge in [0.15, 0.2) is 6.10 Å². The molecule has 0 aliphatic carbocycles. The van der Waals surface area contributed by atoms with Gasteiger partial charge in [0, 0.05) is 12.8 Å². The topological polar surface area (TPSA) is 111 Å². The van der Waals surface area contributed by atoms with E-state index in [1.54, 1.807) is 0 Å². The van der Waals surface area contributed by atoms with Gasteiger partial charge in [0.2, 0.25) is 0 Å². The van der Waals surface area contributed by atoms with Crippen LogP contribution < -0.4 is 4.89 Å². The third kappa shape index (κ3) is 43.0. The third-order valence-electron chi connectivity index (χ3n) is 9.31. The summed E-state index contributed by atoms with van der Waals surface area (Å²) in [6.45, 7) is 4.02. The molecule has 0 amide bonds. The van der Waals surface area contributed by atoms with Crippen LogP contribution in [0, 0.1) is 0 Å². The van der Waals surface area contributed by atoms with Crippen molar-refractivity contribution in [1.82, 2.24) is 0 Å². The molecule has 9 nitrogen and oxygen atoms in total. The van der Waals surface area contributed by atoms with E-state index in [0.717, 1.165) is 77.0 Å². The van der Waals surface area contributed by atoms with E-state index in [9.17, 15) is 19.0 Å². The first-order valence-electron chi connectivity index (χ1n) is 22.7. The van der Waals surface area contributed by atoms with Gasteiger partial charge < -0.3 is 27.9 Å². The summed E-state index contributed by atoms with van der Waals surface area (Å²) >= 11 is 0. The Bertz CT molecular complexity index is 1220. The average Bonchev–Trinajstić information content (AvgIpc) is 3.17. The Morgan fingerprint density at radius 1 is 0.569 bits per heavy atom. The molecule has 0 heterocycles. The van der Waals surface area contributed by atoms with Gasteiger partial charge in [-0.25, -0.2) is 0 Å². The number of phosphoric ester groups is 1. The monoisotopic (exact) mass is 834 g/mol. The first-order chi connectivity index (χ1) is 28.0. The minimum atomic E-state index is -4.64. The van der Waals surface area contributed by atoms with Crippen molar-refractivity contribution in [2.75, 3.05) is 47.5 Å². The van der Waals surface area contributed by atoms with Crippen molar-refractivity contribution in [2.24, 2.45) is 0 Å². The zero-order chi connectivity index (χ0) is 42.8. The third-order valence-corrected chi connectivity index (χ3v) is 10.3. The zero-order valence-electron chi connectivity index (χ0n) is 37.5. The molecular weight excluding hydrogens is 750 g/mol. The molecule has 0 fully saturated rings. The van der Waals surface area contributed by atoms with Crippen LogP contribution in [0.3, 0.4) is 0 Å². The number of quaternary nitrogens is 1. The van der Waals surface area contributed by atoms with Gasteiger partial charge in [-0.05, 0) is 64.2 Å². The minimum Gasteiger partial charge on any atom is -0.756 e. The Balaban J connectivity index is 4.37. The molecule has 0 aromatic heterocycles. The molecule has 0 spiro atoms. The Kier molecular flexibility index (Phi) is 38.1. The Labute approximate surface area is 355 Å². The number of esters is 2. The van der Waals surface area contributed by atoms with Crippen LogP contribution in [0.5, 0.6) is 0 Å². The number of carbonyl (C=O) groups excluding carboxylic acids is 2. The van der Waals surface area contributed by atoms with E-state index >= 15 is 0 Å². The van der Waals surface area contributed by atoms with Crippen molar-refractivity contribution >= 4 is 19.8 Å². The highest BCUT2D eigenvalue weighted by Crippen LogP contribution is 2.38. The van der Waals surface area contributed by atoms with Crippen LogP contribution >= 0.6 is 7.82 Å². The van der Waals surface area contributed by atoms with Gasteiger partial charge in [-0.3, -0.25) is 14.2 Å². The molecule has 0 aromatic carbocycles. The smallest absolute Gasteiger partial charge is 0.306 e. The summed E-state index contributed by atoms with van der Waals surface area (Å²) in [5, 5.41) is 0. The lowest BCUT2D eigenvalue weighted by Crippen LogP contribution is -2.37. The van der Waals surface area contributed by atoms with Crippen LogP contribution in [-0.4, -0.2) is 70.0 Å². The normalized spacial score (nSPS) is 14.2. The molecule has 10 heteroatoms. The summed E-state index contributed by atoms with van der Waals surface area (Å²) < 4.78 is 33.9. The van der Waals surface area contributed by atoms with Crippen LogP contribution in [-0.2, 0) is 32.7 Å². The number of hydrogen-bond donors (Lipinski definition) is 0. The summed E-state index contributed by atoms with van der Waals surface area (Å²) in [6, 6.07) is 0. The van der Waals surface area contributed by atoms with E-state index in [0.29, 0.717) is 17.4 Å². The van der Waals surface area contributed by atoms with Gasteiger partial charge >= 0.3 is 11.9 Å². The number of allylic oxidation sites excluding steroid dienone is 12. The van der Waals surface area contributed by atoms with Gasteiger partial charge in [-0.1, -0.05) is 164 Å². The molecule has 0 saturated carbocycles. The Morgan fingerprint density at radius 2 is 1.05 bits per heavy atom. The van der Waals surface area contributed by atoms with Crippen molar-refractivity contribution in [3.63, 3.8) is 0 Å². The summed E-state index contributed by atoms with van der Waals surface area (Å²) in [7, 11) is 1.13. The fraction of sp³-hybridized carbons (Fsp3) is 0.708. The molecule has 0 radical (unpaired) electrons. The number of likely N-dealkylation sites (N-methyl/N-ethyl adjacent to an activating group) is 1. The summed E-state index contributed by atoms with van der Waals surface area (Å²) in [5.74, 6) is -0.872. The molecule has 334 valence electrons. The number of hydrogen-bond acceptors (Lipinski definition) is 8. The largest absolute Gasteiger partial charge is 0.756 e. The fourth-order valence-corrected chi connectivity index (χ4v) is 6.48. The lowest BCUT2D eigenvalue weighted by molar-refractivity contribution is -0.870. The van der Waals surface area contributed by atoms with Gasteiger partial charge in [0.05, 0.1) is 27.7 Å². The van der Waals surface area contributed by atoms with Crippen molar-refractivity contribution in [3.05, 3.63) is 72.9 Å². The molecule has 0 aliphatic rings. The number of carbonyl (C=O) groups is 2. The first kappa shape index (κ1) is 55.5. The average molecular weight is 834 g/mol. The van der Waals surface area contributed by atoms with E-state index in [1.807, 2.05) is 51.5 Å². The molecule has 0 saturated heterocycles. The number of unbranched alkanes of at least 4 members (excludes halogenated alkanes) is 17. The number of ether oxygens (including phenoxy) is 2. The van der Waals surface area contributed by atoms with E-state index in [4.69, 9.17) is 18.5 Å². The molecule has 58 heavy (non-hydrogen) atoms. The highest BCUT2D eigenvalue weighted by molar-refractivity contribution is 7.45. The SMILES string of the molecule is CC/C=C/C=C/C=C/C=C/CCCCCCCC(=O)O[C@H](COC(=O)CCCCCCCCCCC/C=C/C/C=C/CCCCC)COP(=O)([O-])OCC[N+](C)(C)C. The Morgan fingerprint density at radius 3 is 1.60 bits per heavy atom. The highest BCUT2D eigenvalue weighted by Gasteiger charge is 2.21. The van der Waals surface area contributed by atoms with Crippen molar-refractivity contribution < 1.29 is 42.1 Å². The van der Waals surface area contributed by atoms with Crippen molar-refractivity contribution in [3.8, 4) is 0 Å². The zero-order valence-corrected chi connectivity index (χ0v) is 38.4. The minimum absolute atomic E-state index is 0.0403. The van der Waals surface area contributed by atoms with E-state index in [-0.39, 0.29) is 26.1 Å². The molecular formula is C48H84NO8P. The predicted octanol–water partition coefficient (Wildman–Crippen LogP) is 12.4. The summed E-state index contributed by atoms with van der Waals surface area (Å²) in [4.78, 5) is 37.6. The predicted molar refractivity (Wildman–Crippen MR) is 240 cm³/mol. The number of phosphoric acid groups is 1. The van der Waals surface area contributed by atoms with Crippen molar-refractivity contribution in [2.45, 2.75) is 174 Å². The van der Waals surface area contributed by atoms with Crippen LogP contribution in [0.1, 0.15) is 168 Å². The highest BCUT2D eigenvalue weighted by atomic mass is 31.2. The summed E-state index contributed by atoms with van der Waals surface area (Å²) in [6.07, 6.45) is 49.2. The first-order valence-corrected chi connectivity index (χ1v) is 24.2. The van der Waals surface area contributed by atoms with E-state index < -0.39 is 32.5 Å². The van der Waals surface area contributed by atoms with Gasteiger partial charge in [-0.15, -0.1) is 0 Å². The number of nitrogens with zero attached hydrogens (tertiary/aromatic N) is 1. The molecule has 0 aromatic rings. The molecule has 0 rings (SSSR count). The number of rotatable bonds is 40. The standard InChI is InChI=1S/C48H84NO8P/c1-6-8-10-12-14-16-18-20-22-23-24-25-27-28-30-32-34-36-38-40-47(50)54-44-46(45-56-58(52,53)55-43-42-49(3,4)5)57-48(51)41-39-37-35-33-31-29-26-21-19-17-15-13-11-9-7-2/h9,11,13-17,19-22,26,46H,6-8,10,12,18,23-25,27-45H2,1-5H3/b11-9+,15-13+,16-14+,19-17+,22-20+,26-21+/t46-/m1/s1. The maximum absolute atomic E-state index is 12.7. The van der Waals surface area contributed by atoms with E-state index in [1.165, 1.54) is 57.8 Å². The molecule has 0 aliphatic heterocycles. The lowest BCUT2D eigenvalue weighted by Gasteiger charge is -2.28. The maximum atomic E-state index is 12.7. The van der Waals surface area contributed by atoms with Gasteiger partial charge in [0.1, 0.15) is 19.8 Å². The quantitative estimate of drug-likeness (QED) is 0.0150. The molecule has 0 N–H and O–H groups in total. The van der Waals surface area contributed by atoms with Crippen LogP contribution in [0.2, 0.25) is 0 Å².